The van der Waals surface area contributed by atoms with E-state index < -0.39 is 0 Å². The highest BCUT2D eigenvalue weighted by molar-refractivity contribution is 5.89. The van der Waals surface area contributed by atoms with E-state index in [9.17, 15) is 0 Å². The van der Waals surface area contributed by atoms with Gasteiger partial charge in [0.2, 0.25) is 0 Å². The van der Waals surface area contributed by atoms with Crippen LogP contribution in [0.25, 0.3) is 44.2 Å². The third-order valence-electron chi connectivity index (χ3n) is 16.3. The lowest BCUT2D eigenvalue weighted by Crippen LogP contribution is -2.55. The average Bonchev–Trinajstić information content (AvgIpc) is 3.55. The fourth-order valence-corrected chi connectivity index (χ4v) is 13.5. The summed E-state index contributed by atoms with van der Waals surface area (Å²) in [6.07, 6.45) is 9.54. The van der Waals surface area contributed by atoms with Crippen molar-refractivity contribution < 1.29 is 0 Å². The summed E-state index contributed by atoms with van der Waals surface area (Å²) in [5, 5.41) is 2.55. The highest BCUT2D eigenvalue weighted by atomic mass is 15.1. The molecule has 13 rings (SSSR count). The molecule has 4 saturated carbocycles. The highest BCUT2D eigenvalue weighted by Crippen LogP contribution is 2.69. The lowest BCUT2D eigenvalue weighted by atomic mass is 9.43. The molecule has 0 heterocycles. The summed E-state index contributed by atoms with van der Waals surface area (Å²) in [5.74, 6) is 3.43. The minimum Gasteiger partial charge on any atom is -0.310 e. The van der Waals surface area contributed by atoms with Gasteiger partial charge < -0.3 is 4.90 Å². The van der Waals surface area contributed by atoms with Crippen molar-refractivity contribution in [2.75, 3.05) is 4.90 Å². The molecule has 4 bridgehead atoms. The first-order valence-electron chi connectivity index (χ1n) is 22.5. The Kier molecular flexibility index (Phi) is 7.71. The van der Waals surface area contributed by atoms with E-state index in [1.54, 1.807) is 11.1 Å². The van der Waals surface area contributed by atoms with E-state index in [0.29, 0.717) is 0 Å². The van der Waals surface area contributed by atoms with Crippen LogP contribution in [0.3, 0.4) is 0 Å². The van der Waals surface area contributed by atoms with Crippen molar-refractivity contribution >= 4 is 27.8 Å². The zero-order valence-electron chi connectivity index (χ0n) is 35.1. The first kappa shape index (κ1) is 35.5. The molecule has 0 unspecified atom stereocenters. The maximum Gasteiger partial charge on any atom is 0.0464 e. The third-order valence-corrected chi connectivity index (χ3v) is 16.3. The lowest BCUT2D eigenvalue weighted by Gasteiger charge is -2.61. The smallest absolute Gasteiger partial charge is 0.0464 e. The number of rotatable bonds is 5. The van der Waals surface area contributed by atoms with Gasteiger partial charge in [0.15, 0.2) is 0 Å². The molecule has 0 saturated heterocycles. The number of benzene rings is 7. The van der Waals surface area contributed by atoms with E-state index in [4.69, 9.17) is 0 Å². The van der Waals surface area contributed by atoms with Crippen LogP contribution in [-0.4, -0.2) is 0 Å². The Labute approximate surface area is 351 Å². The van der Waals surface area contributed by atoms with Gasteiger partial charge in [-0.2, -0.15) is 0 Å². The van der Waals surface area contributed by atoms with Gasteiger partial charge in [-0.1, -0.05) is 131 Å². The molecule has 7 aromatic carbocycles. The molecule has 292 valence electrons. The van der Waals surface area contributed by atoms with Gasteiger partial charge in [0.25, 0.3) is 0 Å². The molecule has 0 N–H and O–H groups in total. The molecule has 0 amide bonds. The summed E-state index contributed by atoms with van der Waals surface area (Å²) in [6, 6.07) is 58.4. The summed E-state index contributed by atoms with van der Waals surface area (Å²) in [6.45, 7) is 9.71. The van der Waals surface area contributed by atoms with Crippen molar-refractivity contribution in [3.63, 3.8) is 0 Å². The van der Waals surface area contributed by atoms with E-state index in [1.807, 2.05) is 0 Å². The Hall–Kier alpha value is -5.40. The summed E-state index contributed by atoms with van der Waals surface area (Å²) in [4.78, 5) is 2.48. The van der Waals surface area contributed by atoms with Crippen molar-refractivity contribution in [2.45, 2.75) is 88.9 Å². The largest absolute Gasteiger partial charge is 0.310 e. The van der Waals surface area contributed by atoms with E-state index >= 15 is 0 Å². The minimum atomic E-state index is 0.123. The van der Waals surface area contributed by atoms with Crippen LogP contribution in [0, 0.1) is 23.7 Å². The van der Waals surface area contributed by atoms with Crippen LogP contribution in [-0.2, 0) is 16.2 Å². The van der Waals surface area contributed by atoms with Crippen LogP contribution in [0.4, 0.5) is 17.1 Å². The monoisotopic (exact) mass is 765 g/mol. The van der Waals surface area contributed by atoms with Crippen LogP contribution in [0.1, 0.15) is 94.9 Å². The molecule has 0 radical (unpaired) electrons. The maximum atomic E-state index is 2.63. The van der Waals surface area contributed by atoms with E-state index in [-0.39, 0.29) is 16.2 Å². The van der Waals surface area contributed by atoms with Crippen molar-refractivity contribution in [2.24, 2.45) is 23.7 Å². The van der Waals surface area contributed by atoms with Gasteiger partial charge >= 0.3 is 0 Å². The molecule has 1 nitrogen and oxygen atoms in total. The Balaban J connectivity index is 0.944. The van der Waals surface area contributed by atoms with E-state index in [0.717, 1.165) is 23.7 Å². The van der Waals surface area contributed by atoms with Gasteiger partial charge in [-0.3, -0.25) is 0 Å². The normalized spacial score (nSPS) is 25.2. The second-order valence-corrected chi connectivity index (χ2v) is 20.5. The molecule has 0 atom stereocenters. The Morgan fingerprint density at radius 2 is 0.915 bits per heavy atom. The van der Waals surface area contributed by atoms with Crippen LogP contribution >= 0.6 is 0 Å². The van der Waals surface area contributed by atoms with Gasteiger partial charge in [-0.05, 0) is 194 Å². The molecular weight excluding hydrogens is 711 g/mol. The second-order valence-electron chi connectivity index (χ2n) is 20.5. The Bertz CT molecular complexity index is 2750. The zero-order chi connectivity index (χ0) is 39.7. The number of hydrogen-bond acceptors (Lipinski definition) is 1. The first-order chi connectivity index (χ1) is 28.7. The fourth-order valence-electron chi connectivity index (χ4n) is 13.5. The first-order valence-corrected chi connectivity index (χ1v) is 22.5. The molecule has 1 spiro atoms. The molecule has 6 aliphatic rings. The number of anilines is 3. The van der Waals surface area contributed by atoms with Gasteiger partial charge in [0, 0.05) is 22.5 Å². The Morgan fingerprint density at radius 1 is 0.390 bits per heavy atom. The molecule has 6 aliphatic carbocycles. The predicted octanol–water partition coefficient (Wildman–Crippen LogP) is 15.7. The quantitative estimate of drug-likeness (QED) is 0.169. The van der Waals surface area contributed by atoms with Crippen molar-refractivity contribution in [3.8, 4) is 33.4 Å². The van der Waals surface area contributed by atoms with Crippen molar-refractivity contribution in [1.82, 2.24) is 0 Å². The fraction of sp³-hybridized carbons (Fsp3) is 0.310. The molecule has 59 heavy (non-hydrogen) atoms. The van der Waals surface area contributed by atoms with Crippen molar-refractivity contribution in [1.29, 1.82) is 0 Å². The van der Waals surface area contributed by atoms with Crippen LogP contribution in [0.5, 0.6) is 0 Å². The van der Waals surface area contributed by atoms with Crippen LogP contribution < -0.4 is 4.90 Å². The summed E-state index contributed by atoms with van der Waals surface area (Å²) < 4.78 is 0. The summed E-state index contributed by atoms with van der Waals surface area (Å²) in [7, 11) is 0. The molecule has 4 fully saturated rings. The number of hydrogen-bond donors (Lipinski definition) is 0. The second kappa shape index (κ2) is 12.8. The molecule has 7 aromatic rings. The highest BCUT2D eigenvalue weighted by Gasteiger charge is 2.61. The minimum absolute atomic E-state index is 0.123. The van der Waals surface area contributed by atoms with Gasteiger partial charge in [0.05, 0.1) is 0 Å². The maximum absolute atomic E-state index is 2.63. The number of fused-ring (bicyclic) bond motifs is 5. The standard InChI is InChI=1S/C58H55N/c1-56(2)27-28-57(3,4)55-36-49(24-26-53(55)56)59(47-20-15-40(16-21-47)43-14-13-39-9-5-6-10-42(39)34-43)48-22-17-41(18-23-48)44-19-25-51-50-11-7-8-12-52(50)58(54(51)35-44)45-30-37-29-38(32-45)33-46(58)31-37/h5-26,34-38,45-46H,27-33H2,1-4H3. The SMILES string of the molecule is CC1(C)CCC(C)(C)c2cc(N(c3ccc(-c4ccc5c(c4)C4(c6ccccc6-5)C5CC6CC(C5)CC4C6)cc3)c3ccc(-c4ccc5ccccc5c4)cc3)ccc21. The van der Waals surface area contributed by atoms with Crippen LogP contribution in [0.15, 0.2) is 152 Å². The average molecular weight is 766 g/mol. The Morgan fingerprint density at radius 3 is 1.59 bits per heavy atom. The lowest BCUT2D eigenvalue weighted by molar-refractivity contribution is -0.0399. The molecule has 1 heteroatoms. The molecule has 0 aromatic heterocycles. The van der Waals surface area contributed by atoms with E-state index in [2.05, 4.69) is 184 Å². The topological polar surface area (TPSA) is 3.24 Å². The van der Waals surface area contributed by atoms with Gasteiger partial charge in [-0.25, -0.2) is 0 Å². The zero-order valence-corrected chi connectivity index (χ0v) is 35.1. The summed E-state index contributed by atoms with van der Waals surface area (Å²) in [5.41, 5.74) is 18.4. The van der Waals surface area contributed by atoms with E-state index in [1.165, 1.54) is 117 Å². The van der Waals surface area contributed by atoms with Gasteiger partial charge in [0.1, 0.15) is 0 Å². The number of nitrogens with zero attached hydrogens (tertiary/aromatic N) is 1. The molecule has 0 aliphatic heterocycles. The van der Waals surface area contributed by atoms with Crippen molar-refractivity contribution in [3.05, 3.63) is 174 Å². The summed E-state index contributed by atoms with van der Waals surface area (Å²) >= 11 is 0. The predicted molar refractivity (Wildman–Crippen MR) is 248 cm³/mol. The molecular formula is C58H55N. The van der Waals surface area contributed by atoms with Gasteiger partial charge in [-0.15, -0.1) is 0 Å². The third kappa shape index (κ3) is 5.35. The van der Waals surface area contributed by atoms with Crippen LogP contribution in [0.2, 0.25) is 0 Å².